The molecule has 0 amide bonds. The minimum atomic E-state index is 1.11. The van der Waals surface area contributed by atoms with Crippen LogP contribution < -0.4 is 0 Å². The van der Waals surface area contributed by atoms with Gasteiger partial charge in [-0.3, -0.25) is 0 Å². The Morgan fingerprint density at radius 2 is 1.71 bits per heavy atom. The average molecular weight is 358 g/mol. The van der Waals surface area contributed by atoms with Gasteiger partial charge in [0.15, 0.2) is 0 Å². The Labute approximate surface area is 106 Å². The lowest BCUT2D eigenvalue weighted by atomic mass is 10.1. The molecule has 0 nitrogen and oxygen atoms in total. The zero-order chi connectivity index (χ0) is 9.97. The van der Waals surface area contributed by atoms with Gasteiger partial charge in [-0.1, -0.05) is 40.2 Å². The highest BCUT2D eigenvalue weighted by atomic mass is 127. The first-order valence-corrected chi connectivity index (χ1v) is 6.06. The quantitative estimate of drug-likeness (QED) is 0.658. The molecule has 0 unspecified atom stereocenters. The first-order valence-electron chi connectivity index (χ1n) is 4.19. The van der Waals surface area contributed by atoms with Gasteiger partial charge in [0.25, 0.3) is 0 Å². The van der Waals surface area contributed by atoms with Gasteiger partial charge in [-0.25, -0.2) is 0 Å². The van der Waals surface area contributed by atoms with E-state index in [-0.39, 0.29) is 0 Å². The van der Waals surface area contributed by atoms with Crippen molar-refractivity contribution in [2.24, 2.45) is 0 Å². The largest absolute Gasteiger partial charge is 0.0537 e. The molecule has 0 saturated carbocycles. The molecule has 0 N–H and O–H groups in total. The normalized spacial score (nSPS) is 10.1. The summed E-state index contributed by atoms with van der Waals surface area (Å²) in [5, 5.41) is 0. The number of rotatable bonds is 1. The van der Waals surface area contributed by atoms with E-state index in [9.17, 15) is 0 Å². The highest BCUT2D eigenvalue weighted by Crippen LogP contribution is 2.22. The van der Waals surface area contributed by atoms with E-state index in [0.29, 0.717) is 0 Å². The van der Waals surface area contributed by atoms with Crippen LogP contribution in [0.5, 0.6) is 0 Å². The zero-order valence-electron chi connectivity index (χ0n) is 7.30. The maximum atomic E-state index is 3.42. The molecule has 1 radical (unpaired) electrons. The summed E-state index contributed by atoms with van der Waals surface area (Å²) in [5.74, 6) is 0. The van der Waals surface area contributed by atoms with Crippen molar-refractivity contribution in [1.29, 1.82) is 0 Å². The molecule has 0 aliphatic heterocycles. The summed E-state index contributed by atoms with van der Waals surface area (Å²) in [6, 6.07) is 17.6. The summed E-state index contributed by atoms with van der Waals surface area (Å²) in [5.41, 5.74) is 2.47. The van der Waals surface area contributed by atoms with E-state index in [2.05, 4.69) is 81.0 Å². The summed E-state index contributed by atoms with van der Waals surface area (Å²) in [4.78, 5) is 0. The number of hydrogen-bond acceptors (Lipinski definition) is 0. The second kappa shape index (κ2) is 4.45. The van der Waals surface area contributed by atoms with E-state index < -0.39 is 0 Å². The van der Waals surface area contributed by atoms with E-state index >= 15 is 0 Å². The standard InChI is InChI=1S/C12H7BrI/c13-11-6-4-9(5-7-11)10-2-1-3-12(14)8-10/h1-2,4-8H. The fourth-order valence-electron chi connectivity index (χ4n) is 1.26. The smallest absolute Gasteiger partial charge is 0.0215 e. The molecule has 0 aromatic heterocycles. The lowest BCUT2D eigenvalue weighted by molar-refractivity contribution is 1.57. The van der Waals surface area contributed by atoms with Crippen LogP contribution in [0.2, 0.25) is 0 Å². The van der Waals surface area contributed by atoms with Crippen molar-refractivity contribution in [3.63, 3.8) is 0 Å². The second-order valence-electron chi connectivity index (χ2n) is 2.93. The summed E-state index contributed by atoms with van der Waals surface area (Å²) >= 11 is 5.70. The van der Waals surface area contributed by atoms with E-state index in [1.54, 1.807) is 0 Å². The minimum Gasteiger partial charge on any atom is -0.0537 e. The molecule has 2 aromatic rings. The van der Waals surface area contributed by atoms with E-state index in [1.807, 2.05) is 6.07 Å². The van der Waals surface area contributed by atoms with E-state index in [1.165, 1.54) is 11.1 Å². The van der Waals surface area contributed by atoms with E-state index in [0.717, 1.165) is 8.04 Å². The monoisotopic (exact) mass is 357 g/mol. The van der Waals surface area contributed by atoms with Gasteiger partial charge in [0.2, 0.25) is 0 Å². The molecule has 0 aliphatic rings. The van der Waals surface area contributed by atoms with Crippen LogP contribution in [0.25, 0.3) is 11.1 Å². The van der Waals surface area contributed by atoms with Gasteiger partial charge in [-0.2, -0.15) is 0 Å². The minimum absolute atomic E-state index is 1.11. The molecule has 0 heterocycles. The molecule has 0 saturated heterocycles. The summed E-state index contributed by atoms with van der Waals surface area (Å²) in [7, 11) is 0. The van der Waals surface area contributed by atoms with Crippen LogP contribution in [0, 0.1) is 9.64 Å². The lowest BCUT2D eigenvalue weighted by Crippen LogP contribution is -1.78. The third kappa shape index (κ3) is 2.36. The van der Waals surface area contributed by atoms with Crippen molar-refractivity contribution in [2.45, 2.75) is 0 Å². The molecule has 0 spiro atoms. The topological polar surface area (TPSA) is 0 Å². The van der Waals surface area contributed by atoms with Crippen LogP contribution in [0.3, 0.4) is 0 Å². The van der Waals surface area contributed by atoms with Gasteiger partial charge in [-0.15, -0.1) is 0 Å². The highest BCUT2D eigenvalue weighted by molar-refractivity contribution is 14.1. The SMILES string of the molecule is Brc1ccc(-c2cc[c]c(I)c2)cc1. The molecule has 14 heavy (non-hydrogen) atoms. The molecular weight excluding hydrogens is 351 g/mol. The highest BCUT2D eigenvalue weighted by Gasteiger charge is 1.97. The first-order chi connectivity index (χ1) is 6.75. The Balaban J connectivity index is 2.44. The Bertz CT molecular complexity index is 434. The fraction of sp³-hybridized carbons (Fsp3) is 0. The Morgan fingerprint density at radius 3 is 2.36 bits per heavy atom. The molecule has 2 heteroatoms. The van der Waals surface area contributed by atoms with Crippen LogP contribution >= 0.6 is 38.5 Å². The van der Waals surface area contributed by atoms with Gasteiger partial charge in [0.05, 0.1) is 0 Å². The first kappa shape index (κ1) is 10.2. The second-order valence-corrected chi connectivity index (χ2v) is 5.01. The number of benzene rings is 2. The van der Waals surface area contributed by atoms with Gasteiger partial charge in [0, 0.05) is 8.04 Å². The maximum absolute atomic E-state index is 3.42. The maximum Gasteiger partial charge on any atom is 0.0215 e. The van der Waals surface area contributed by atoms with E-state index in [4.69, 9.17) is 0 Å². The van der Waals surface area contributed by atoms with Gasteiger partial charge in [-0.05, 0) is 58.0 Å². The van der Waals surface area contributed by atoms with Crippen molar-refractivity contribution in [1.82, 2.24) is 0 Å². The van der Waals surface area contributed by atoms with Gasteiger partial charge < -0.3 is 0 Å². The molecule has 69 valence electrons. The van der Waals surface area contributed by atoms with Crippen molar-refractivity contribution < 1.29 is 0 Å². The molecule has 0 aliphatic carbocycles. The summed E-state index contributed by atoms with van der Waals surface area (Å²) in [6.45, 7) is 0. The van der Waals surface area contributed by atoms with Crippen LogP contribution in [0.4, 0.5) is 0 Å². The summed E-state index contributed by atoms with van der Waals surface area (Å²) < 4.78 is 2.25. The van der Waals surface area contributed by atoms with Crippen molar-refractivity contribution in [2.75, 3.05) is 0 Å². The Hall–Kier alpha value is -0.350. The molecule has 0 bridgehead atoms. The van der Waals surface area contributed by atoms with Crippen LogP contribution in [0.1, 0.15) is 0 Å². The van der Waals surface area contributed by atoms with Crippen molar-refractivity contribution in [3.05, 3.63) is 56.6 Å². The molecule has 0 fully saturated rings. The summed E-state index contributed by atoms with van der Waals surface area (Å²) in [6.07, 6.45) is 0. The van der Waals surface area contributed by atoms with Crippen LogP contribution in [-0.2, 0) is 0 Å². The van der Waals surface area contributed by atoms with Gasteiger partial charge in [0.1, 0.15) is 0 Å². The van der Waals surface area contributed by atoms with Crippen molar-refractivity contribution >= 4 is 38.5 Å². The molecule has 0 atom stereocenters. The zero-order valence-corrected chi connectivity index (χ0v) is 11.0. The number of hydrogen-bond donors (Lipinski definition) is 0. The Morgan fingerprint density at radius 1 is 1.00 bits per heavy atom. The van der Waals surface area contributed by atoms with Gasteiger partial charge >= 0.3 is 0 Å². The molecular formula is C12H7BrI. The predicted molar refractivity (Wildman–Crippen MR) is 71.1 cm³/mol. The van der Waals surface area contributed by atoms with Crippen LogP contribution in [-0.4, -0.2) is 0 Å². The molecule has 2 rings (SSSR count). The average Bonchev–Trinajstić information content (AvgIpc) is 2.19. The molecule has 2 aromatic carbocycles. The predicted octanol–water partition coefficient (Wildman–Crippen LogP) is 4.52. The Kier molecular flexibility index (Phi) is 3.23. The van der Waals surface area contributed by atoms with Crippen LogP contribution in [0.15, 0.2) is 46.9 Å². The van der Waals surface area contributed by atoms with Crippen molar-refractivity contribution in [3.8, 4) is 11.1 Å². The fourth-order valence-corrected chi connectivity index (χ4v) is 2.04. The third-order valence-corrected chi connectivity index (χ3v) is 3.10. The third-order valence-electron chi connectivity index (χ3n) is 1.94. The number of halogens is 2. The lowest BCUT2D eigenvalue weighted by Gasteiger charge is -2.01.